The highest BCUT2D eigenvalue weighted by molar-refractivity contribution is 6.42. The molecule has 3 aromatic rings. The molecule has 7 nitrogen and oxygen atoms in total. The monoisotopic (exact) mass is 550 g/mol. The van der Waals surface area contributed by atoms with E-state index in [0.29, 0.717) is 39.2 Å². The summed E-state index contributed by atoms with van der Waals surface area (Å²) >= 11 is 12.1. The van der Waals surface area contributed by atoms with E-state index in [1.807, 2.05) is 6.92 Å². The summed E-state index contributed by atoms with van der Waals surface area (Å²) in [6.45, 7) is 5.91. The van der Waals surface area contributed by atoms with Gasteiger partial charge in [0.25, 0.3) is 11.8 Å². The van der Waals surface area contributed by atoms with Crippen LogP contribution in [0, 0.1) is 6.92 Å². The maximum atomic E-state index is 13.3. The summed E-state index contributed by atoms with van der Waals surface area (Å²) in [6, 6.07) is 14.7. The highest BCUT2D eigenvalue weighted by Gasteiger charge is 2.36. The van der Waals surface area contributed by atoms with Crippen molar-refractivity contribution in [3.05, 3.63) is 105 Å². The maximum absolute atomic E-state index is 13.3. The van der Waals surface area contributed by atoms with E-state index in [1.54, 1.807) is 60.7 Å². The Labute approximate surface area is 230 Å². The summed E-state index contributed by atoms with van der Waals surface area (Å²) in [6.07, 6.45) is 3.55. The Morgan fingerprint density at radius 2 is 1.74 bits per heavy atom. The number of benzene rings is 3. The minimum absolute atomic E-state index is 0.193. The van der Waals surface area contributed by atoms with Crippen LogP contribution in [-0.4, -0.2) is 25.0 Å². The number of ether oxygens (including phenoxy) is 2. The van der Waals surface area contributed by atoms with E-state index in [9.17, 15) is 14.4 Å². The van der Waals surface area contributed by atoms with E-state index in [1.165, 1.54) is 13.2 Å². The van der Waals surface area contributed by atoms with Gasteiger partial charge in [-0.05, 0) is 66.9 Å². The second kappa shape index (κ2) is 11.5. The van der Waals surface area contributed by atoms with Gasteiger partial charge in [-0.25, -0.2) is 9.69 Å². The number of nitrogens with zero attached hydrogens (tertiary/aromatic N) is 1. The Morgan fingerprint density at radius 3 is 2.39 bits per heavy atom. The first-order valence-electron chi connectivity index (χ1n) is 11.6. The van der Waals surface area contributed by atoms with Crippen LogP contribution in [0.2, 0.25) is 10.0 Å². The zero-order valence-corrected chi connectivity index (χ0v) is 22.2. The summed E-state index contributed by atoms with van der Waals surface area (Å²) in [5.74, 6) is -0.637. The number of methoxy groups -OCH3 is 1. The molecule has 38 heavy (non-hydrogen) atoms. The molecule has 0 radical (unpaired) electrons. The van der Waals surface area contributed by atoms with Crippen LogP contribution < -0.4 is 19.7 Å². The van der Waals surface area contributed by atoms with Gasteiger partial charge in [-0.2, -0.15) is 0 Å². The average molecular weight is 551 g/mol. The number of amides is 4. The second-order valence-corrected chi connectivity index (χ2v) is 9.35. The van der Waals surface area contributed by atoms with Gasteiger partial charge in [0.1, 0.15) is 12.2 Å². The van der Waals surface area contributed by atoms with E-state index in [0.717, 1.165) is 21.6 Å². The predicted octanol–water partition coefficient (Wildman–Crippen LogP) is 6.28. The average Bonchev–Trinajstić information content (AvgIpc) is 2.88. The first-order chi connectivity index (χ1) is 18.2. The molecule has 1 heterocycles. The second-order valence-electron chi connectivity index (χ2n) is 8.53. The van der Waals surface area contributed by atoms with E-state index in [4.69, 9.17) is 32.7 Å². The minimum Gasteiger partial charge on any atom is -0.493 e. The van der Waals surface area contributed by atoms with Gasteiger partial charge in [0.2, 0.25) is 0 Å². The third-order valence-corrected chi connectivity index (χ3v) is 6.55. The number of urea groups is 1. The van der Waals surface area contributed by atoms with Crippen molar-refractivity contribution in [1.29, 1.82) is 0 Å². The Hall–Kier alpha value is -4.07. The van der Waals surface area contributed by atoms with Crippen LogP contribution in [0.25, 0.3) is 6.08 Å². The van der Waals surface area contributed by atoms with Crippen molar-refractivity contribution in [1.82, 2.24) is 5.32 Å². The predicted molar refractivity (Wildman–Crippen MR) is 148 cm³/mol. The molecule has 4 amide bonds. The number of allylic oxidation sites excluding steroid dienone is 1. The lowest BCUT2D eigenvalue weighted by atomic mass is 10.0. The molecule has 0 saturated carbocycles. The van der Waals surface area contributed by atoms with Crippen LogP contribution in [-0.2, 0) is 22.6 Å². The first kappa shape index (κ1) is 27.0. The first-order valence-corrected chi connectivity index (χ1v) is 12.3. The maximum Gasteiger partial charge on any atom is 0.335 e. The fraction of sp³-hybridized carbons (Fsp3) is 0.138. The Balaban J connectivity index is 1.69. The highest BCUT2D eigenvalue weighted by atomic mass is 35.5. The molecule has 0 atom stereocenters. The number of hydrogen-bond donors (Lipinski definition) is 1. The highest BCUT2D eigenvalue weighted by Crippen LogP contribution is 2.36. The molecular formula is C29H24Cl2N2O5. The van der Waals surface area contributed by atoms with Crippen LogP contribution in [0.4, 0.5) is 10.5 Å². The smallest absolute Gasteiger partial charge is 0.335 e. The molecule has 4 rings (SSSR count). The number of imide groups is 2. The van der Waals surface area contributed by atoms with Gasteiger partial charge in [-0.15, -0.1) is 6.58 Å². The molecule has 0 bridgehead atoms. The normalized spacial score (nSPS) is 14.5. The van der Waals surface area contributed by atoms with Gasteiger partial charge in [0.05, 0.1) is 22.8 Å². The van der Waals surface area contributed by atoms with E-state index < -0.39 is 17.8 Å². The number of aryl methyl sites for hydroxylation is 1. The van der Waals surface area contributed by atoms with Crippen molar-refractivity contribution in [2.24, 2.45) is 0 Å². The lowest BCUT2D eigenvalue weighted by Gasteiger charge is -2.26. The summed E-state index contributed by atoms with van der Waals surface area (Å²) < 4.78 is 11.7. The molecule has 1 N–H and O–H groups in total. The molecular weight excluding hydrogens is 527 g/mol. The van der Waals surface area contributed by atoms with Crippen molar-refractivity contribution in [2.75, 3.05) is 12.0 Å². The van der Waals surface area contributed by atoms with Gasteiger partial charge in [0, 0.05) is 5.56 Å². The third kappa shape index (κ3) is 5.74. The number of anilines is 1. The standard InChI is InChI=1S/C29H24Cl2N2O5/c1-4-5-20-12-19(15-25(37-3)26(20)38-16-18-8-11-23(30)24(31)14-18)13-22-27(34)32-29(36)33(28(22)35)21-9-6-17(2)7-10-21/h4,6-15H,1,5,16H2,2-3H3,(H,32,34,36)/b22-13+. The molecule has 194 valence electrons. The van der Waals surface area contributed by atoms with E-state index >= 15 is 0 Å². The van der Waals surface area contributed by atoms with Gasteiger partial charge in [0.15, 0.2) is 11.5 Å². The molecule has 0 spiro atoms. The minimum atomic E-state index is -0.808. The van der Waals surface area contributed by atoms with Crippen molar-refractivity contribution in [3.63, 3.8) is 0 Å². The fourth-order valence-corrected chi connectivity index (χ4v) is 4.25. The van der Waals surface area contributed by atoms with Crippen molar-refractivity contribution < 1.29 is 23.9 Å². The van der Waals surface area contributed by atoms with Crippen LogP contribution in [0.5, 0.6) is 11.5 Å². The van der Waals surface area contributed by atoms with E-state index in [-0.39, 0.29) is 12.2 Å². The number of carbonyl (C=O) groups is 3. The third-order valence-electron chi connectivity index (χ3n) is 5.81. The Bertz CT molecular complexity index is 1460. The molecule has 1 fully saturated rings. The molecule has 1 aliphatic heterocycles. The lowest BCUT2D eigenvalue weighted by Crippen LogP contribution is -2.54. The molecule has 9 heteroatoms. The molecule has 1 aliphatic rings. The summed E-state index contributed by atoms with van der Waals surface area (Å²) in [5.41, 5.74) is 3.17. The molecule has 0 aromatic heterocycles. The quantitative estimate of drug-likeness (QED) is 0.202. The number of halogens is 2. The Morgan fingerprint density at radius 1 is 1.00 bits per heavy atom. The van der Waals surface area contributed by atoms with Crippen LogP contribution in [0.15, 0.2) is 72.8 Å². The number of rotatable bonds is 8. The molecule has 0 aliphatic carbocycles. The van der Waals surface area contributed by atoms with E-state index in [2.05, 4.69) is 11.9 Å². The largest absolute Gasteiger partial charge is 0.493 e. The number of nitrogens with one attached hydrogen (secondary N) is 1. The van der Waals surface area contributed by atoms with Gasteiger partial charge in [-0.1, -0.05) is 53.0 Å². The summed E-state index contributed by atoms with van der Waals surface area (Å²) in [5, 5.41) is 3.10. The lowest BCUT2D eigenvalue weighted by molar-refractivity contribution is -0.122. The Kier molecular flexibility index (Phi) is 8.20. The summed E-state index contributed by atoms with van der Waals surface area (Å²) in [4.78, 5) is 39.3. The van der Waals surface area contributed by atoms with Gasteiger partial charge >= 0.3 is 6.03 Å². The number of hydrogen-bond acceptors (Lipinski definition) is 5. The number of barbiturate groups is 1. The zero-order chi connectivity index (χ0) is 27.4. The van der Waals surface area contributed by atoms with Crippen molar-refractivity contribution >= 4 is 52.8 Å². The van der Waals surface area contributed by atoms with Gasteiger partial charge in [-0.3, -0.25) is 14.9 Å². The molecule has 3 aromatic carbocycles. The number of carbonyl (C=O) groups excluding carboxylic acids is 3. The van der Waals surface area contributed by atoms with Crippen molar-refractivity contribution in [2.45, 2.75) is 20.0 Å². The molecule has 1 saturated heterocycles. The van der Waals surface area contributed by atoms with Crippen LogP contribution >= 0.6 is 23.2 Å². The van der Waals surface area contributed by atoms with Crippen molar-refractivity contribution in [3.8, 4) is 11.5 Å². The zero-order valence-electron chi connectivity index (χ0n) is 20.7. The summed E-state index contributed by atoms with van der Waals surface area (Å²) in [7, 11) is 1.49. The topological polar surface area (TPSA) is 84.9 Å². The fourth-order valence-electron chi connectivity index (χ4n) is 3.93. The van der Waals surface area contributed by atoms with Crippen LogP contribution in [0.1, 0.15) is 22.3 Å². The SMILES string of the molecule is C=CCc1cc(/C=C2\C(=O)NC(=O)N(c3ccc(C)cc3)C2=O)cc(OC)c1OCc1ccc(Cl)c(Cl)c1. The van der Waals surface area contributed by atoms with Gasteiger partial charge < -0.3 is 9.47 Å². The molecule has 0 unspecified atom stereocenters. The van der Waals surface area contributed by atoms with Crippen LogP contribution in [0.3, 0.4) is 0 Å².